The van der Waals surface area contributed by atoms with Crippen molar-refractivity contribution in [1.82, 2.24) is 0 Å². The molecule has 0 heterocycles. The van der Waals surface area contributed by atoms with Crippen molar-refractivity contribution in [3.05, 3.63) is 10.1 Å². The van der Waals surface area contributed by atoms with E-state index in [4.69, 9.17) is 28.3 Å². The minimum absolute atomic E-state index is 0.0586. The molecule has 0 aliphatic heterocycles. The van der Waals surface area contributed by atoms with E-state index >= 15 is 0 Å². The Morgan fingerprint density at radius 3 is 1.80 bits per heavy atom. The fourth-order valence-electron chi connectivity index (χ4n) is 0.546. The smallest absolute Gasteiger partial charge is 0.334 e. The molecule has 0 bridgehead atoms. The van der Waals surface area contributed by atoms with Crippen molar-refractivity contribution in [1.29, 1.82) is 0 Å². The molecule has 10 heavy (non-hydrogen) atoms. The molecule has 0 spiro atoms. The molecule has 0 rings (SSSR count). The topological polar surface area (TPSA) is 37.3 Å². The SMILES string of the molecule is CC(C)C(C(=O)O)=C(Cl)Cl. The van der Waals surface area contributed by atoms with Crippen molar-refractivity contribution < 1.29 is 9.90 Å². The van der Waals surface area contributed by atoms with Gasteiger partial charge in [-0.05, 0) is 5.92 Å². The second kappa shape index (κ2) is 3.84. The number of carboxylic acid groups (broad SMARTS) is 1. The van der Waals surface area contributed by atoms with Gasteiger partial charge in [-0.3, -0.25) is 0 Å². The number of carboxylic acids is 1. The molecular formula is C6H8Cl2O2. The Balaban J connectivity index is 4.61. The zero-order valence-electron chi connectivity index (χ0n) is 5.69. The van der Waals surface area contributed by atoms with E-state index in [2.05, 4.69) is 0 Å². The Bertz CT molecular complexity index is 169. The van der Waals surface area contributed by atoms with Gasteiger partial charge in [0, 0.05) is 0 Å². The Kier molecular flexibility index (Phi) is 3.76. The first-order valence-corrected chi connectivity index (χ1v) is 3.51. The van der Waals surface area contributed by atoms with Crippen LogP contribution in [0.25, 0.3) is 0 Å². The lowest BCUT2D eigenvalue weighted by molar-refractivity contribution is -0.133. The third-order valence-electron chi connectivity index (χ3n) is 1.01. The van der Waals surface area contributed by atoms with Crippen LogP contribution in [0.15, 0.2) is 10.1 Å². The quantitative estimate of drug-likeness (QED) is 0.667. The lowest BCUT2D eigenvalue weighted by Gasteiger charge is -2.04. The molecule has 0 radical (unpaired) electrons. The summed E-state index contributed by atoms with van der Waals surface area (Å²) in [7, 11) is 0. The summed E-state index contributed by atoms with van der Waals surface area (Å²) in [6.07, 6.45) is 0. The summed E-state index contributed by atoms with van der Waals surface area (Å²) in [6, 6.07) is 0. The van der Waals surface area contributed by atoms with Crippen LogP contribution in [0.1, 0.15) is 13.8 Å². The van der Waals surface area contributed by atoms with E-state index in [0.29, 0.717) is 0 Å². The van der Waals surface area contributed by atoms with Gasteiger partial charge in [0.05, 0.1) is 5.57 Å². The van der Waals surface area contributed by atoms with Crippen LogP contribution >= 0.6 is 23.2 Å². The minimum Gasteiger partial charge on any atom is -0.478 e. The van der Waals surface area contributed by atoms with E-state index in [1.54, 1.807) is 13.8 Å². The molecule has 0 aromatic heterocycles. The van der Waals surface area contributed by atoms with Crippen molar-refractivity contribution >= 4 is 29.2 Å². The van der Waals surface area contributed by atoms with E-state index < -0.39 is 5.97 Å². The molecule has 2 nitrogen and oxygen atoms in total. The molecule has 0 atom stereocenters. The number of hydrogen-bond donors (Lipinski definition) is 1. The van der Waals surface area contributed by atoms with Gasteiger partial charge >= 0.3 is 5.97 Å². The first-order chi connectivity index (χ1) is 4.46. The zero-order chi connectivity index (χ0) is 8.31. The maximum Gasteiger partial charge on any atom is 0.334 e. The van der Waals surface area contributed by atoms with Gasteiger partial charge in [-0.25, -0.2) is 4.79 Å². The monoisotopic (exact) mass is 182 g/mol. The third-order valence-corrected chi connectivity index (χ3v) is 1.42. The number of hydrogen-bond acceptors (Lipinski definition) is 1. The minimum atomic E-state index is -1.06. The van der Waals surface area contributed by atoms with Crippen molar-refractivity contribution in [2.24, 2.45) is 5.92 Å². The first-order valence-electron chi connectivity index (χ1n) is 2.75. The fourth-order valence-corrected chi connectivity index (χ4v) is 1.14. The summed E-state index contributed by atoms with van der Waals surface area (Å²) < 4.78 is -0.164. The van der Waals surface area contributed by atoms with E-state index in [0.717, 1.165) is 0 Å². The van der Waals surface area contributed by atoms with Gasteiger partial charge in [-0.15, -0.1) is 0 Å². The van der Waals surface area contributed by atoms with Crippen LogP contribution in [0.5, 0.6) is 0 Å². The molecule has 0 aromatic carbocycles. The fraction of sp³-hybridized carbons (Fsp3) is 0.500. The van der Waals surface area contributed by atoms with Crippen LogP contribution in [0.2, 0.25) is 0 Å². The summed E-state index contributed by atoms with van der Waals surface area (Å²) in [4.78, 5) is 10.4. The molecule has 1 N–H and O–H groups in total. The van der Waals surface area contributed by atoms with Crippen LogP contribution in [0, 0.1) is 5.92 Å². The molecule has 0 aliphatic carbocycles. The molecule has 0 aromatic rings. The van der Waals surface area contributed by atoms with Gasteiger partial charge in [0.25, 0.3) is 0 Å². The normalized spacial score (nSPS) is 9.70. The van der Waals surface area contributed by atoms with Gasteiger partial charge < -0.3 is 5.11 Å². The van der Waals surface area contributed by atoms with Gasteiger partial charge in [0.2, 0.25) is 0 Å². The number of carbonyl (C=O) groups is 1. The molecule has 0 aliphatic rings. The van der Waals surface area contributed by atoms with Crippen molar-refractivity contribution in [3.63, 3.8) is 0 Å². The molecule has 0 fully saturated rings. The predicted octanol–water partition coefficient (Wildman–Crippen LogP) is 2.42. The predicted molar refractivity (Wildman–Crippen MR) is 41.2 cm³/mol. The van der Waals surface area contributed by atoms with Gasteiger partial charge in [0.15, 0.2) is 0 Å². The summed E-state index contributed by atoms with van der Waals surface area (Å²) in [5.41, 5.74) is 0.0586. The molecular weight excluding hydrogens is 175 g/mol. The highest BCUT2D eigenvalue weighted by Crippen LogP contribution is 2.20. The highest BCUT2D eigenvalue weighted by atomic mass is 35.5. The van der Waals surface area contributed by atoms with E-state index in [1.165, 1.54) is 0 Å². The third kappa shape index (κ3) is 2.58. The van der Waals surface area contributed by atoms with Crippen LogP contribution in [-0.2, 0) is 4.79 Å². The molecule has 0 saturated heterocycles. The van der Waals surface area contributed by atoms with E-state index in [9.17, 15) is 4.79 Å². The summed E-state index contributed by atoms with van der Waals surface area (Å²) in [6.45, 7) is 3.43. The van der Waals surface area contributed by atoms with Crippen molar-refractivity contribution in [2.75, 3.05) is 0 Å². The van der Waals surface area contributed by atoms with Crippen LogP contribution < -0.4 is 0 Å². The maximum absolute atomic E-state index is 10.4. The second-order valence-electron chi connectivity index (χ2n) is 2.13. The number of aliphatic carboxylic acids is 1. The lowest BCUT2D eigenvalue weighted by Crippen LogP contribution is -2.07. The highest BCUT2D eigenvalue weighted by molar-refractivity contribution is 6.57. The molecule has 58 valence electrons. The van der Waals surface area contributed by atoms with Crippen LogP contribution in [0.4, 0.5) is 0 Å². The number of halogens is 2. The Hall–Kier alpha value is -0.210. The van der Waals surface area contributed by atoms with Gasteiger partial charge in [-0.1, -0.05) is 37.0 Å². The van der Waals surface area contributed by atoms with Crippen molar-refractivity contribution in [2.45, 2.75) is 13.8 Å². The van der Waals surface area contributed by atoms with Crippen LogP contribution in [-0.4, -0.2) is 11.1 Å². The molecule has 0 unspecified atom stereocenters. The first kappa shape index (κ1) is 9.79. The van der Waals surface area contributed by atoms with E-state index in [-0.39, 0.29) is 16.0 Å². The molecule has 0 saturated carbocycles. The Morgan fingerprint density at radius 1 is 1.40 bits per heavy atom. The zero-order valence-corrected chi connectivity index (χ0v) is 7.20. The highest BCUT2D eigenvalue weighted by Gasteiger charge is 2.15. The Labute approximate surface area is 69.4 Å². The number of rotatable bonds is 2. The lowest BCUT2D eigenvalue weighted by atomic mass is 10.1. The Morgan fingerprint density at radius 2 is 1.80 bits per heavy atom. The van der Waals surface area contributed by atoms with E-state index in [1.807, 2.05) is 0 Å². The average Bonchev–Trinajstić information content (AvgIpc) is 1.59. The largest absolute Gasteiger partial charge is 0.478 e. The standard InChI is InChI=1S/C6H8Cl2O2/c1-3(2)4(5(7)8)6(9)10/h3H,1-2H3,(H,9,10). The summed E-state index contributed by atoms with van der Waals surface area (Å²) in [5, 5.41) is 8.49. The van der Waals surface area contributed by atoms with Gasteiger partial charge in [-0.2, -0.15) is 0 Å². The average molecular weight is 183 g/mol. The summed E-state index contributed by atoms with van der Waals surface area (Å²) >= 11 is 10.6. The van der Waals surface area contributed by atoms with Crippen LogP contribution in [0.3, 0.4) is 0 Å². The molecule has 0 amide bonds. The molecule has 4 heteroatoms. The van der Waals surface area contributed by atoms with Gasteiger partial charge in [0.1, 0.15) is 4.49 Å². The summed E-state index contributed by atoms with van der Waals surface area (Å²) in [5.74, 6) is -1.21. The van der Waals surface area contributed by atoms with Crippen molar-refractivity contribution in [3.8, 4) is 0 Å². The maximum atomic E-state index is 10.4. The second-order valence-corrected chi connectivity index (χ2v) is 3.08.